The minimum atomic E-state index is -0.612. The summed E-state index contributed by atoms with van der Waals surface area (Å²) in [7, 11) is 1.55. The fourth-order valence-electron chi connectivity index (χ4n) is 2.51. The Balaban J connectivity index is 2.11. The maximum atomic E-state index is 12.6. The van der Waals surface area contributed by atoms with Crippen molar-refractivity contribution in [1.29, 1.82) is 0 Å². The van der Waals surface area contributed by atoms with Gasteiger partial charge in [0.15, 0.2) is 6.10 Å². The molecule has 5 heteroatoms. The molecule has 0 radical (unpaired) electrons. The van der Waals surface area contributed by atoms with Crippen molar-refractivity contribution in [1.82, 2.24) is 0 Å². The van der Waals surface area contributed by atoms with Gasteiger partial charge in [0.1, 0.15) is 11.5 Å². The topological polar surface area (TPSA) is 47.6 Å². The molecule has 0 aliphatic carbocycles. The van der Waals surface area contributed by atoms with Gasteiger partial charge in [-0.25, -0.2) is 0 Å². The maximum Gasteiger partial charge on any atom is 0.265 e. The van der Waals surface area contributed by atoms with Crippen molar-refractivity contribution in [3.05, 3.63) is 53.1 Å². The van der Waals surface area contributed by atoms with E-state index in [1.54, 1.807) is 25.3 Å². The van der Waals surface area contributed by atoms with Crippen LogP contribution >= 0.6 is 11.6 Å². The summed E-state index contributed by atoms with van der Waals surface area (Å²) in [4.78, 5) is 12.6. The molecule has 0 aromatic heterocycles. The van der Waals surface area contributed by atoms with Crippen LogP contribution in [0.15, 0.2) is 42.5 Å². The summed E-state index contributed by atoms with van der Waals surface area (Å²) in [6, 6.07) is 12.9. The molecule has 0 saturated carbocycles. The van der Waals surface area contributed by atoms with Crippen molar-refractivity contribution in [2.45, 2.75) is 45.6 Å². The lowest BCUT2D eigenvalue weighted by Gasteiger charge is -2.21. The molecule has 2 aromatic rings. The van der Waals surface area contributed by atoms with Crippen LogP contribution in [0.2, 0.25) is 5.02 Å². The molecule has 2 aromatic carbocycles. The number of ether oxygens (including phenoxy) is 2. The summed E-state index contributed by atoms with van der Waals surface area (Å²) >= 11 is 6.01. The Kier molecular flexibility index (Phi) is 6.54. The lowest BCUT2D eigenvalue weighted by Crippen LogP contribution is -2.32. The fraction of sp³-hybridized carbons (Fsp3) is 0.381. The molecule has 0 aliphatic heterocycles. The van der Waals surface area contributed by atoms with Gasteiger partial charge in [-0.3, -0.25) is 4.79 Å². The van der Waals surface area contributed by atoms with Gasteiger partial charge >= 0.3 is 0 Å². The molecule has 4 nitrogen and oxygen atoms in total. The first-order chi connectivity index (χ1) is 12.2. The lowest BCUT2D eigenvalue weighted by atomic mass is 9.87. The van der Waals surface area contributed by atoms with Crippen LogP contribution < -0.4 is 14.8 Å². The Labute approximate surface area is 160 Å². The van der Waals surface area contributed by atoms with E-state index in [1.165, 1.54) is 5.56 Å². The van der Waals surface area contributed by atoms with Crippen LogP contribution in [0, 0.1) is 0 Å². The number of nitrogens with one attached hydrogen (secondary N) is 1. The van der Waals surface area contributed by atoms with Crippen molar-refractivity contribution in [2.75, 3.05) is 12.4 Å². The van der Waals surface area contributed by atoms with Crippen molar-refractivity contribution in [3.63, 3.8) is 0 Å². The number of benzene rings is 2. The molecule has 0 unspecified atom stereocenters. The highest BCUT2D eigenvalue weighted by atomic mass is 35.5. The summed E-state index contributed by atoms with van der Waals surface area (Å²) in [5, 5.41) is 3.36. The smallest absolute Gasteiger partial charge is 0.265 e. The van der Waals surface area contributed by atoms with Crippen LogP contribution in [-0.4, -0.2) is 19.1 Å². The van der Waals surface area contributed by atoms with E-state index in [2.05, 4.69) is 26.1 Å². The molecule has 2 rings (SSSR count). The Bertz CT molecular complexity index is 751. The third kappa shape index (κ3) is 5.15. The van der Waals surface area contributed by atoms with Crippen LogP contribution in [0.1, 0.15) is 39.7 Å². The van der Waals surface area contributed by atoms with Gasteiger partial charge in [0.2, 0.25) is 0 Å². The van der Waals surface area contributed by atoms with E-state index in [0.717, 1.165) is 0 Å². The number of carbonyl (C=O) groups excluding carboxylic acids is 1. The van der Waals surface area contributed by atoms with Gasteiger partial charge in [0, 0.05) is 5.02 Å². The van der Waals surface area contributed by atoms with E-state index in [-0.39, 0.29) is 11.3 Å². The zero-order chi connectivity index (χ0) is 19.3. The average molecular weight is 376 g/mol. The quantitative estimate of drug-likeness (QED) is 0.731. The number of anilines is 1. The minimum absolute atomic E-state index is 0.0726. The second-order valence-corrected chi connectivity index (χ2v) is 7.56. The summed E-state index contributed by atoms with van der Waals surface area (Å²) in [5.41, 5.74) is 1.81. The van der Waals surface area contributed by atoms with Crippen LogP contribution in [0.3, 0.4) is 0 Å². The van der Waals surface area contributed by atoms with Crippen LogP contribution in [0.4, 0.5) is 5.69 Å². The molecule has 1 N–H and O–H groups in total. The minimum Gasteiger partial charge on any atom is -0.495 e. The average Bonchev–Trinajstić information content (AvgIpc) is 2.59. The summed E-state index contributed by atoms with van der Waals surface area (Å²) < 4.78 is 11.1. The summed E-state index contributed by atoms with van der Waals surface area (Å²) in [6.07, 6.45) is -0.0744. The predicted molar refractivity (Wildman–Crippen MR) is 106 cm³/mol. The highest BCUT2D eigenvalue weighted by Gasteiger charge is 2.21. The van der Waals surface area contributed by atoms with Gasteiger partial charge < -0.3 is 14.8 Å². The first kappa shape index (κ1) is 20.1. The molecule has 0 aliphatic rings. The fourth-order valence-corrected chi connectivity index (χ4v) is 2.68. The maximum absolute atomic E-state index is 12.6. The van der Waals surface area contributed by atoms with E-state index >= 15 is 0 Å². The highest BCUT2D eigenvalue weighted by Crippen LogP contribution is 2.28. The third-order valence-corrected chi connectivity index (χ3v) is 4.32. The molecule has 0 saturated heterocycles. The highest BCUT2D eigenvalue weighted by molar-refractivity contribution is 6.31. The van der Waals surface area contributed by atoms with Crippen molar-refractivity contribution in [2.24, 2.45) is 0 Å². The van der Waals surface area contributed by atoms with Gasteiger partial charge in [-0.1, -0.05) is 51.4 Å². The van der Waals surface area contributed by atoms with Crippen molar-refractivity contribution < 1.29 is 14.3 Å². The Hall–Kier alpha value is -2.20. The first-order valence-electron chi connectivity index (χ1n) is 8.66. The molecular weight excluding hydrogens is 350 g/mol. The Morgan fingerprint density at radius 3 is 2.35 bits per heavy atom. The molecule has 0 fully saturated rings. The molecule has 0 spiro atoms. The van der Waals surface area contributed by atoms with E-state index in [9.17, 15) is 4.79 Å². The van der Waals surface area contributed by atoms with Gasteiger partial charge in [-0.15, -0.1) is 0 Å². The number of amides is 1. The van der Waals surface area contributed by atoms with E-state index in [1.807, 2.05) is 31.2 Å². The van der Waals surface area contributed by atoms with Crippen molar-refractivity contribution >= 4 is 23.2 Å². The normalized spacial score (nSPS) is 12.4. The second kappa shape index (κ2) is 8.45. The third-order valence-electron chi connectivity index (χ3n) is 4.08. The van der Waals surface area contributed by atoms with E-state index in [4.69, 9.17) is 21.1 Å². The number of carbonyl (C=O) groups is 1. The van der Waals surface area contributed by atoms with Crippen LogP contribution in [-0.2, 0) is 10.2 Å². The van der Waals surface area contributed by atoms with Crippen LogP contribution in [0.25, 0.3) is 0 Å². The SMILES string of the molecule is CC[C@H](Oc1ccc(C(C)(C)C)cc1)C(=O)Nc1cc(Cl)ccc1OC. The summed E-state index contributed by atoms with van der Waals surface area (Å²) in [6.45, 7) is 8.37. The first-order valence-corrected chi connectivity index (χ1v) is 9.04. The molecule has 1 amide bonds. The molecule has 0 bridgehead atoms. The van der Waals surface area contributed by atoms with Crippen LogP contribution in [0.5, 0.6) is 11.5 Å². The molecular formula is C21H26ClNO3. The molecule has 26 heavy (non-hydrogen) atoms. The number of hydrogen-bond donors (Lipinski definition) is 1. The molecule has 1 atom stereocenters. The lowest BCUT2D eigenvalue weighted by molar-refractivity contribution is -0.122. The van der Waals surface area contributed by atoms with E-state index < -0.39 is 6.10 Å². The number of hydrogen-bond acceptors (Lipinski definition) is 3. The Morgan fingerprint density at radius 2 is 1.81 bits per heavy atom. The van der Waals surface area contributed by atoms with E-state index in [0.29, 0.717) is 28.6 Å². The monoisotopic (exact) mass is 375 g/mol. The number of rotatable bonds is 6. The van der Waals surface area contributed by atoms with Crippen molar-refractivity contribution in [3.8, 4) is 11.5 Å². The summed E-state index contributed by atoms with van der Waals surface area (Å²) in [5.74, 6) is 0.971. The molecule has 140 valence electrons. The Morgan fingerprint density at radius 1 is 1.15 bits per heavy atom. The number of methoxy groups -OCH3 is 1. The molecule has 0 heterocycles. The zero-order valence-corrected chi connectivity index (χ0v) is 16.7. The zero-order valence-electron chi connectivity index (χ0n) is 15.9. The van der Waals surface area contributed by atoms with Gasteiger partial charge in [0.25, 0.3) is 5.91 Å². The second-order valence-electron chi connectivity index (χ2n) is 7.12. The van der Waals surface area contributed by atoms with Gasteiger partial charge in [-0.2, -0.15) is 0 Å². The standard InChI is InChI=1S/C21H26ClNO3/c1-6-18(26-16-10-7-14(8-11-16)21(2,3)4)20(24)23-17-13-15(22)9-12-19(17)25-5/h7-13,18H,6H2,1-5H3,(H,23,24)/t18-/m0/s1. The number of halogens is 1. The predicted octanol–water partition coefficient (Wildman–Crippen LogP) is 5.44. The van der Waals surface area contributed by atoms with Gasteiger partial charge in [-0.05, 0) is 47.7 Å². The van der Waals surface area contributed by atoms with Gasteiger partial charge in [0.05, 0.1) is 12.8 Å². The largest absolute Gasteiger partial charge is 0.495 e.